The predicted molar refractivity (Wildman–Crippen MR) is 69.9 cm³/mol. The second kappa shape index (κ2) is 6.47. The van der Waals surface area contributed by atoms with Gasteiger partial charge in [0.1, 0.15) is 5.75 Å². The van der Waals surface area contributed by atoms with Gasteiger partial charge in [0, 0.05) is 11.8 Å². The summed E-state index contributed by atoms with van der Waals surface area (Å²) >= 11 is 0. The first-order valence-corrected chi connectivity index (χ1v) is 5.48. The highest BCUT2D eigenvalue weighted by molar-refractivity contribution is 5.95. The van der Waals surface area contributed by atoms with E-state index in [9.17, 15) is 4.79 Å². The van der Waals surface area contributed by atoms with Crippen molar-refractivity contribution in [2.75, 3.05) is 19.0 Å². The average Bonchev–Trinajstić information content (AvgIpc) is 2.83. The minimum absolute atomic E-state index is 0. The van der Waals surface area contributed by atoms with E-state index in [0.717, 1.165) is 30.8 Å². The zero-order chi connectivity index (χ0) is 11.4. The highest BCUT2D eigenvalue weighted by Gasteiger charge is 2.21. The minimum Gasteiger partial charge on any atom is -0.497 e. The molecule has 5 heteroatoms. The fraction of sp³-hybridized carbons (Fsp3) is 0.417. The van der Waals surface area contributed by atoms with Crippen molar-refractivity contribution in [3.8, 4) is 5.75 Å². The molecule has 0 spiro atoms. The van der Waals surface area contributed by atoms with Gasteiger partial charge < -0.3 is 15.4 Å². The van der Waals surface area contributed by atoms with Gasteiger partial charge in [-0.25, -0.2) is 0 Å². The van der Waals surface area contributed by atoms with Crippen LogP contribution in [0.15, 0.2) is 24.3 Å². The van der Waals surface area contributed by atoms with Crippen LogP contribution in [0.1, 0.15) is 12.8 Å². The van der Waals surface area contributed by atoms with Gasteiger partial charge in [0.25, 0.3) is 0 Å². The lowest BCUT2D eigenvalue weighted by Gasteiger charge is -2.11. The predicted octanol–water partition coefficient (Wildman–Crippen LogP) is 1.81. The number of methoxy groups -OCH3 is 1. The van der Waals surface area contributed by atoms with Crippen molar-refractivity contribution >= 4 is 24.0 Å². The molecule has 17 heavy (non-hydrogen) atoms. The lowest BCUT2D eigenvalue weighted by Crippen LogP contribution is -2.35. The Hall–Kier alpha value is -1.26. The van der Waals surface area contributed by atoms with Gasteiger partial charge in [0.2, 0.25) is 5.91 Å². The van der Waals surface area contributed by atoms with E-state index in [2.05, 4.69) is 10.6 Å². The van der Waals surface area contributed by atoms with E-state index in [1.807, 2.05) is 24.3 Å². The van der Waals surface area contributed by atoms with Gasteiger partial charge >= 0.3 is 0 Å². The van der Waals surface area contributed by atoms with Crippen molar-refractivity contribution < 1.29 is 9.53 Å². The molecule has 4 nitrogen and oxygen atoms in total. The molecule has 1 fully saturated rings. The first kappa shape index (κ1) is 13.8. The Labute approximate surface area is 107 Å². The fourth-order valence-electron chi connectivity index (χ4n) is 1.84. The Morgan fingerprint density at radius 2 is 2.35 bits per heavy atom. The van der Waals surface area contributed by atoms with Crippen molar-refractivity contribution in [2.45, 2.75) is 18.9 Å². The van der Waals surface area contributed by atoms with E-state index < -0.39 is 0 Å². The van der Waals surface area contributed by atoms with Crippen LogP contribution >= 0.6 is 12.4 Å². The van der Waals surface area contributed by atoms with E-state index in [4.69, 9.17) is 4.74 Å². The molecule has 0 aliphatic carbocycles. The zero-order valence-corrected chi connectivity index (χ0v) is 10.5. The van der Waals surface area contributed by atoms with E-state index in [-0.39, 0.29) is 24.4 Å². The van der Waals surface area contributed by atoms with Crippen LogP contribution in [-0.4, -0.2) is 25.6 Å². The van der Waals surface area contributed by atoms with Gasteiger partial charge in [0.05, 0.1) is 13.2 Å². The molecule has 0 bridgehead atoms. The third-order valence-electron chi connectivity index (χ3n) is 2.71. The lowest BCUT2D eigenvalue weighted by atomic mass is 10.2. The Bertz CT molecular complexity index is 379. The van der Waals surface area contributed by atoms with Crippen molar-refractivity contribution in [3.05, 3.63) is 24.3 Å². The van der Waals surface area contributed by atoms with Crippen LogP contribution in [0.5, 0.6) is 5.75 Å². The molecular formula is C12H17ClN2O2. The summed E-state index contributed by atoms with van der Waals surface area (Å²) < 4.78 is 5.09. The number of hydrogen-bond donors (Lipinski definition) is 2. The number of halogens is 1. The number of nitrogens with one attached hydrogen (secondary N) is 2. The summed E-state index contributed by atoms with van der Waals surface area (Å²) in [7, 11) is 1.61. The van der Waals surface area contributed by atoms with Gasteiger partial charge in [0.15, 0.2) is 0 Å². The maximum Gasteiger partial charge on any atom is 0.241 e. The molecule has 2 rings (SSSR count). The molecule has 2 N–H and O–H groups in total. The molecule has 0 radical (unpaired) electrons. The molecule has 1 aliphatic heterocycles. The highest BCUT2D eigenvalue weighted by Crippen LogP contribution is 2.17. The molecule has 0 aromatic heterocycles. The SMILES string of the molecule is COc1cccc(NC(=O)C2CCCN2)c1.Cl. The molecule has 1 aromatic rings. The Balaban J connectivity index is 0.00000144. The summed E-state index contributed by atoms with van der Waals surface area (Å²) in [6.45, 7) is 0.927. The van der Waals surface area contributed by atoms with Crippen LogP contribution in [0.2, 0.25) is 0 Å². The van der Waals surface area contributed by atoms with Crippen LogP contribution in [0.4, 0.5) is 5.69 Å². The second-order valence-electron chi connectivity index (χ2n) is 3.87. The number of hydrogen-bond acceptors (Lipinski definition) is 3. The third-order valence-corrected chi connectivity index (χ3v) is 2.71. The van der Waals surface area contributed by atoms with Crippen molar-refractivity contribution in [1.29, 1.82) is 0 Å². The first-order valence-electron chi connectivity index (χ1n) is 5.48. The number of ether oxygens (including phenoxy) is 1. The molecule has 1 amide bonds. The highest BCUT2D eigenvalue weighted by atomic mass is 35.5. The van der Waals surface area contributed by atoms with Crippen molar-refractivity contribution in [2.24, 2.45) is 0 Å². The molecule has 1 aromatic carbocycles. The van der Waals surface area contributed by atoms with Crippen LogP contribution in [0.25, 0.3) is 0 Å². The van der Waals surface area contributed by atoms with Crippen molar-refractivity contribution in [1.82, 2.24) is 5.32 Å². The average molecular weight is 257 g/mol. The smallest absolute Gasteiger partial charge is 0.241 e. The molecule has 1 aliphatic rings. The quantitative estimate of drug-likeness (QED) is 0.867. The topological polar surface area (TPSA) is 50.4 Å². The minimum atomic E-state index is -0.0498. The maximum absolute atomic E-state index is 11.8. The lowest BCUT2D eigenvalue weighted by molar-refractivity contribution is -0.117. The van der Waals surface area contributed by atoms with Crippen LogP contribution < -0.4 is 15.4 Å². The van der Waals surface area contributed by atoms with Gasteiger partial charge in [-0.1, -0.05) is 6.07 Å². The standard InChI is InChI=1S/C12H16N2O2.ClH/c1-16-10-5-2-4-9(8-10)14-12(15)11-6-3-7-13-11;/h2,4-5,8,11,13H,3,6-7H2,1H3,(H,14,15);1H. The zero-order valence-electron chi connectivity index (χ0n) is 9.73. The third kappa shape index (κ3) is 3.61. The molecule has 1 unspecified atom stereocenters. The Morgan fingerprint density at radius 3 is 3.00 bits per heavy atom. The van der Waals surface area contributed by atoms with Crippen LogP contribution in [0.3, 0.4) is 0 Å². The second-order valence-corrected chi connectivity index (χ2v) is 3.87. The summed E-state index contributed by atoms with van der Waals surface area (Å²) in [5, 5.41) is 6.04. The van der Waals surface area contributed by atoms with Gasteiger partial charge in [-0.05, 0) is 31.5 Å². The molecule has 1 saturated heterocycles. The first-order chi connectivity index (χ1) is 7.79. The molecule has 94 valence electrons. The van der Waals surface area contributed by atoms with E-state index >= 15 is 0 Å². The van der Waals surface area contributed by atoms with Gasteiger partial charge in [-0.3, -0.25) is 4.79 Å². The molecular weight excluding hydrogens is 240 g/mol. The van der Waals surface area contributed by atoms with Gasteiger partial charge in [-0.2, -0.15) is 0 Å². The van der Waals surface area contributed by atoms with E-state index in [0.29, 0.717) is 0 Å². The number of rotatable bonds is 3. The molecule has 1 heterocycles. The molecule has 0 saturated carbocycles. The summed E-state index contributed by atoms with van der Waals surface area (Å²) in [5.41, 5.74) is 0.776. The monoisotopic (exact) mass is 256 g/mol. The number of carbonyl (C=O) groups excluding carboxylic acids is 1. The number of anilines is 1. The number of amides is 1. The fourth-order valence-corrected chi connectivity index (χ4v) is 1.84. The number of carbonyl (C=O) groups is 1. The summed E-state index contributed by atoms with van der Waals surface area (Å²) in [6.07, 6.45) is 1.98. The van der Waals surface area contributed by atoms with Gasteiger partial charge in [-0.15, -0.1) is 12.4 Å². The number of benzene rings is 1. The van der Waals surface area contributed by atoms with E-state index in [1.54, 1.807) is 7.11 Å². The summed E-state index contributed by atoms with van der Waals surface area (Å²) in [6, 6.07) is 7.33. The van der Waals surface area contributed by atoms with Crippen LogP contribution in [-0.2, 0) is 4.79 Å². The van der Waals surface area contributed by atoms with E-state index in [1.165, 1.54) is 0 Å². The normalized spacial score (nSPS) is 18.3. The molecule has 1 atom stereocenters. The maximum atomic E-state index is 11.8. The summed E-state index contributed by atoms with van der Waals surface area (Å²) in [5.74, 6) is 0.780. The van der Waals surface area contributed by atoms with Crippen LogP contribution in [0, 0.1) is 0 Å². The largest absolute Gasteiger partial charge is 0.497 e. The summed E-state index contributed by atoms with van der Waals surface area (Å²) in [4.78, 5) is 11.8. The Kier molecular flexibility index (Phi) is 5.25. The van der Waals surface area contributed by atoms with Crippen molar-refractivity contribution in [3.63, 3.8) is 0 Å². The Morgan fingerprint density at radius 1 is 1.53 bits per heavy atom.